The molecule has 30 heavy (non-hydrogen) atoms. The van der Waals surface area contributed by atoms with Gasteiger partial charge in [-0.05, 0) is 49.1 Å². The van der Waals surface area contributed by atoms with Crippen LogP contribution in [0.4, 0.5) is 11.4 Å². The van der Waals surface area contributed by atoms with Crippen LogP contribution in [0.3, 0.4) is 0 Å². The van der Waals surface area contributed by atoms with Crippen LogP contribution in [0.25, 0.3) is 10.2 Å². The summed E-state index contributed by atoms with van der Waals surface area (Å²) in [5.74, 6) is 0.961. The Labute approximate surface area is 181 Å². The van der Waals surface area contributed by atoms with E-state index in [1.165, 1.54) is 22.5 Å². The van der Waals surface area contributed by atoms with Crippen molar-refractivity contribution in [2.45, 2.75) is 19.4 Å². The normalized spacial score (nSPS) is 17.4. The van der Waals surface area contributed by atoms with E-state index < -0.39 is 0 Å². The number of amidine groups is 1. The van der Waals surface area contributed by atoms with Crippen molar-refractivity contribution >= 4 is 38.8 Å². The van der Waals surface area contributed by atoms with Crippen molar-refractivity contribution in [2.24, 2.45) is 11.7 Å². The molecule has 0 spiro atoms. The fourth-order valence-electron chi connectivity index (χ4n) is 4.04. The third kappa shape index (κ3) is 4.27. The molecular formula is C23H28N6S. The number of thiazole rings is 1. The Hall–Kier alpha value is -2.64. The number of nitrogens with two attached hydrogens (primary N) is 1. The van der Waals surface area contributed by atoms with Crippen LogP contribution in [-0.2, 0) is 6.54 Å². The van der Waals surface area contributed by atoms with Gasteiger partial charge in [0.2, 0.25) is 0 Å². The van der Waals surface area contributed by atoms with Gasteiger partial charge in [-0.15, -0.1) is 11.3 Å². The highest BCUT2D eigenvalue weighted by atomic mass is 32.1. The predicted molar refractivity (Wildman–Crippen MR) is 126 cm³/mol. The summed E-state index contributed by atoms with van der Waals surface area (Å²) in [6, 6.07) is 14.5. The zero-order valence-electron chi connectivity index (χ0n) is 17.1. The minimum absolute atomic E-state index is 0.135. The topological polar surface area (TPSA) is 81.3 Å². The molecule has 1 saturated carbocycles. The summed E-state index contributed by atoms with van der Waals surface area (Å²) >= 11 is 1.79. The Bertz CT molecular complexity index is 1020. The molecule has 1 aromatic heterocycles. The maximum absolute atomic E-state index is 8.00. The molecule has 0 unspecified atom stereocenters. The summed E-state index contributed by atoms with van der Waals surface area (Å²) in [7, 11) is 0. The van der Waals surface area contributed by atoms with Crippen LogP contribution in [0, 0.1) is 11.3 Å². The van der Waals surface area contributed by atoms with E-state index in [1.54, 1.807) is 11.3 Å². The molecule has 7 heteroatoms. The van der Waals surface area contributed by atoms with Crippen LogP contribution >= 0.6 is 11.3 Å². The number of piperazine rings is 1. The minimum atomic E-state index is 0.135. The van der Waals surface area contributed by atoms with E-state index in [9.17, 15) is 0 Å². The second-order valence-corrected chi connectivity index (χ2v) is 9.42. The van der Waals surface area contributed by atoms with Gasteiger partial charge in [-0.3, -0.25) is 10.3 Å². The molecule has 2 fully saturated rings. The summed E-state index contributed by atoms with van der Waals surface area (Å²) in [5, 5.41) is 12.7. The van der Waals surface area contributed by atoms with Crippen LogP contribution < -0.4 is 16.0 Å². The van der Waals surface area contributed by atoms with E-state index >= 15 is 0 Å². The van der Waals surface area contributed by atoms with Gasteiger partial charge in [-0.2, -0.15) is 0 Å². The van der Waals surface area contributed by atoms with Gasteiger partial charge >= 0.3 is 0 Å². The highest BCUT2D eigenvalue weighted by Crippen LogP contribution is 2.31. The van der Waals surface area contributed by atoms with Crippen molar-refractivity contribution in [1.29, 1.82) is 5.41 Å². The van der Waals surface area contributed by atoms with Gasteiger partial charge in [0.1, 0.15) is 10.8 Å². The number of benzene rings is 2. The number of para-hydroxylation sites is 1. The number of hydrogen-bond acceptors (Lipinski definition) is 6. The average molecular weight is 421 g/mol. The number of rotatable bonds is 7. The average Bonchev–Trinajstić information content (AvgIpc) is 3.50. The lowest BCUT2D eigenvalue weighted by Gasteiger charge is -2.36. The minimum Gasteiger partial charge on any atom is -0.385 e. The fourth-order valence-corrected chi connectivity index (χ4v) is 5.05. The number of fused-ring (bicyclic) bond motifs is 1. The maximum atomic E-state index is 8.00. The molecule has 1 saturated heterocycles. The number of anilines is 2. The molecule has 5 rings (SSSR count). The van der Waals surface area contributed by atoms with Crippen LogP contribution in [0.1, 0.15) is 23.4 Å². The summed E-state index contributed by atoms with van der Waals surface area (Å²) in [5.41, 5.74) is 10.0. The van der Waals surface area contributed by atoms with Crippen LogP contribution in [0.5, 0.6) is 0 Å². The molecule has 3 aromatic rings. The first-order chi connectivity index (χ1) is 14.7. The Kier molecular flexibility index (Phi) is 5.31. The highest BCUT2D eigenvalue weighted by molar-refractivity contribution is 7.18. The van der Waals surface area contributed by atoms with E-state index in [1.807, 2.05) is 18.2 Å². The Morgan fingerprint density at radius 1 is 1.13 bits per heavy atom. The van der Waals surface area contributed by atoms with Crippen molar-refractivity contribution in [2.75, 3.05) is 42.9 Å². The lowest BCUT2D eigenvalue weighted by atomic mass is 10.1. The van der Waals surface area contributed by atoms with Crippen molar-refractivity contribution in [3.63, 3.8) is 0 Å². The molecule has 4 N–H and O–H groups in total. The van der Waals surface area contributed by atoms with E-state index in [4.69, 9.17) is 16.1 Å². The largest absolute Gasteiger partial charge is 0.385 e. The molecular weight excluding hydrogens is 392 g/mol. The molecule has 156 valence electrons. The van der Waals surface area contributed by atoms with Crippen LogP contribution in [-0.4, -0.2) is 48.4 Å². The smallest absolute Gasteiger partial charge is 0.124 e. The zero-order valence-corrected chi connectivity index (χ0v) is 17.9. The molecule has 2 aliphatic rings. The van der Waals surface area contributed by atoms with Crippen LogP contribution in [0.15, 0.2) is 42.5 Å². The SMILES string of the molecule is N=C(N)c1ccc(NCC2CC2)cc1N1CCN(Cc2nc3ccccc3s2)CC1. The first-order valence-electron chi connectivity index (χ1n) is 10.7. The van der Waals surface area contributed by atoms with Gasteiger partial charge in [0.05, 0.1) is 16.8 Å². The van der Waals surface area contributed by atoms with Gasteiger partial charge in [-0.25, -0.2) is 4.98 Å². The second kappa shape index (κ2) is 8.24. The lowest BCUT2D eigenvalue weighted by Crippen LogP contribution is -2.46. The Morgan fingerprint density at radius 2 is 1.93 bits per heavy atom. The van der Waals surface area contributed by atoms with Gasteiger partial charge in [0.25, 0.3) is 0 Å². The molecule has 2 heterocycles. The predicted octanol–water partition coefficient (Wildman–Crippen LogP) is 3.72. The van der Waals surface area contributed by atoms with Crippen molar-refractivity contribution < 1.29 is 0 Å². The van der Waals surface area contributed by atoms with Gasteiger partial charge < -0.3 is 16.0 Å². The van der Waals surface area contributed by atoms with Gasteiger partial charge in [-0.1, -0.05) is 12.1 Å². The quantitative estimate of drug-likeness (QED) is 0.401. The number of nitrogens with one attached hydrogen (secondary N) is 2. The molecule has 0 radical (unpaired) electrons. The maximum Gasteiger partial charge on any atom is 0.124 e. The Morgan fingerprint density at radius 3 is 2.67 bits per heavy atom. The monoisotopic (exact) mass is 420 g/mol. The van der Waals surface area contributed by atoms with Crippen LogP contribution in [0.2, 0.25) is 0 Å². The molecule has 2 aromatic carbocycles. The first kappa shape index (κ1) is 19.3. The zero-order chi connectivity index (χ0) is 20.5. The number of aromatic nitrogens is 1. The lowest BCUT2D eigenvalue weighted by molar-refractivity contribution is 0.249. The van der Waals surface area contributed by atoms with Gasteiger partial charge in [0, 0.05) is 49.7 Å². The fraction of sp³-hybridized carbons (Fsp3) is 0.391. The van der Waals surface area contributed by atoms with E-state index in [-0.39, 0.29) is 5.84 Å². The molecule has 6 nitrogen and oxygen atoms in total. The number of nitrogen functional groups attached to an aromatic ring is 1. The van der Waals surface area contributed by atoms with Crippen molar-refractivity contribution in [3.05, 3.63) is 53.0 Å². The number of hydrogen-bond donors (Lipinski definition) is 3. The molecule has 1 aliphatic heterocycles. The van der Waals surface area contributed by atoms with E-state index in [2.05, 4.69) is 39.4 Å². The summed E-state index contributed by atoms with van der Waals surface area (Å²) in [6.45, 7) is 5.75. The van der Waals surface area contributed by atoms with Gasteiger partial charge in [0.15, 0.2) is 0 Å². The van der Waals surface area contributed by atoms with Crippen molar-refractivity contribution in [3.8, 4) is 0 Å². The summed E-state index contributed by atoms with van der Waals surface area (Å²) in [6.07, 6.45) is 2.67. The Balaban J connectivity index is 1.25. The molecule has 0 amide bonds. The van der Waals surface area contributed by atoms with E-state index in [0.29, 0.717) is 0 Å². The number of nitrogens with zero attached hydrogens (tertiary/aromatic N) is 3. The first-order valence-corrected chi connectivity index (χ1v) is 11.5. The highest BCUT2D eigenvalue weighted by Gasteiger charge is 2.23. The molecule has 0 bridgehead atoms. The summed E-state index contributed by atoms with van der Waals surface area (Å²) in [4.78, 5) is 9.62. The van der Waals surface area contributed by atoms with Crippen molar-refractivity contribution in [1.82, 2.24) is 9.88 Å². The third-order valence-electron chi connectivity index (χ3n) is 5.99. The standard InChI is InChI=1S/C23H28N6S/c24-23(25)18-8-7-17(26-14-16-5-6-16)13-20(18)29-11-9-28(10-12-29)15-22-27-19-3-1-2-4-21(19)30-22/h1-4,7-8,13,16,26H,5-6,9-12,14-15H2,(H3,24,25). The second-order valence-electron chi connectivity index (χ2n) is 8.31. The van der Waals surface area contributed by atoms with E-state index in [0.717, 1.165) is 67.6 Å². The molecule has 0 atom stereocenters. The molecule has 1 aliphatic carbocycles. The third-order valence-corrected chi connectivity index (χ3v) is 7.01. The summed E-state index contributed by atoms with van der Waals surface area (Å²) < 4.78 is 1.26.